The zero-order valence-electron chi connectivity index (χ0n) is 8.40. The summed E-state index contributed by atoms with van der Waals surface area (Å²) >= 11 is 0. The topological polar surface area (TPSA) is 50.7 Å². The summed E-state index contributed by atoms with van der Waals surface area (Å²) in [4.78, 5) is 7.95. The second kappa shape index (κ2) is 5.29. The van der Waals surface area contributed by atoms with E-state index >= 15 is 0 Å². The maximum atomic E-state index is 5.30. The fourth-order valence-electron chi connectivity index (χ4n) is 1.26. The van der Waals surface area contributed by atoms with Crippen LogP contribution in [0.5, 0.6) is 0 Å². The summed E-state index contributed by atoms with van der Waals surface area (Å²) in [6.45, 7) is 5.88. The summed E-state index contributed by atoms with van der Waals surface area (Å²) in [5.74, 6) is 0. The molecule has 0 aromatic rings. The molecule has 0 atom stereocenters. The van der Waals surface area contributed by atoms with Gasteiger partial charge in [0.25, 0.3) is 0 Å². The Labute approximate surface area is 84.4 Å². The maximum absolute atomic E-state index is 5.30. The SMILES string of the molecule is C=NC1=CCC=C(C)C=C1/C=N\CN. The molecule has 74 valence electrons. The molecule has 2 N–H and O–H groups in total. The summed E-state index contributed by atoms with van der Waals surface area (Å²) in [6, 6.07) is 0. The molecule has 3 nitrogen and oxygen atoms in total. The van der Waals surface area contributed by atoms with Crippen LogP contribution < -0.4 is 5.73 Å². The minimum absolute atomic E-state index is 0.296. The van der Waals surface area contributed by atoms with Gasteiger partial charge in [0.15, 0.2) is 0 Å². The third-order valence-corrected chi connectivity index (χ3v) is 1.94. The minimum atomic E-state index is 0.296. The van der Waals surface area contributed by atoms with Crippen molar-refractivity contribution in [2.75, 3.05) is 6.67 Å². The molecule has 1 rings (SSSR count). The molecule has 0 fully saturated rings. The standard InChI is InChI=1S/C11H15N3/c1-9-4-3-5-11(13-2)10(6-9)7-14-8-12/h4-7H,2-3,8,12H2,1H3/b14-7-. The molecule has 1 aliphatic rings. The van der Waals surface area contributed by atoms with E-state index in [-0.39, 0.29) is 0 Å². The number of allylic oxidation sites excluding steroid dienone is 5. The van der Waals surface area contributed by atoms with Gasteiger partial charge in [-0.2, -0.15) is 0 Å². The highest BCUT2D eigenvalue weighted by molar-refractivity contribution is 5.85. The highest BCUT2D eigenvalue weighted by Crippen LogP contribution is 2.17. The molecule has 0 aromatic carbocycles. The van der Waals surface area contributed by atoms with Gasteiger partial charge >= 0.3 is 0 Å². The lowest BCUT2D eigenvalue weighted by molar-refractivity contribution is 1.08. The van der Waals surface area contributed by atoms with Crippen LogP contribution >= 0.6 is 0 Å². The first-order chi connectivity index (χ1) is 6.77. The fraction of sp³-hybridized carbons (Fsp3) is 0.273. The second-order valence-corrected chi connectivity index (χ2v) is 3.03. The molecule has 0 saturated heterocycles. The Kier molecular flexibility index (Phi) is 4.01. The number of nitrogens with zero attached hydrogens (tertiary/aromatic N) is 2. The molecular weight excluding hydrogens is 174 g/mol. The van der Waals surface area contributed by atoms with E-state index in [1.54, 1.807) is 6.21 Å². The molecule has 3 heteroatoms. The lowest BCUT2D eigenvalue weighted by Crippen LogP contribution is -1.96. The molecule has 0 aliphatic heterocycles. The van der Waals surface area contributed by atoms with E-state index in [1.165, 1.54) is 5.57 Å². The van der Waals surface area contributed by atoms with E-state index in [0.29, 0.717) is 6.67 Å². The fourth-order valence-corrected chi connectivity index (χ4v) is 1.26. The van der Waals surface area contributed by atoms with Crippen molar-refractivity contribution in [1.82, 2.24) is 0 Å². The monoisotopic (exact) mass is 189 g/mol. The van der Waals surface area contributed by atoms with Gasteiger partial charge in [-0.25, -0.2) is 0 Å². The number of hydrogen-bond acceptors (Lipinski definition) is 3. The summed E-state index contributed by atoms with van der Waals surface area (Å²) in [5.41, 5.74) is 8.35. The number of nitrogens with two attached hydrogens (primary N) is 1. The summed E-state index contributed by atoms with van der Waals surface area (Å²) < 4.78 is 0. The molecule has 0 radical (unpaired) electrons. The third kappa shape index (κ3) is 2.78. The van der Waals surface area contributed by atoms with Crippen molar-refractivity contribution >= 4 is 12.9 Å². The molecule has 0 saturated carbocycles. The summed E-state index contributed by atoms with van der Waals surface area (Å²) in [6.07, 6.45) is 8.82. The van der Waals surface area contributed by atoms with Crippen LogP contribution in [-0.2, 0) is 0 Å². The van der Waals surface area contributed by atoms with Gasteiger partial charge in [0.2, 0.25) is 0 Å². The molecule has 0 unspecified atom stereocenters. The Balaban J connectivity index is 2.98. The van der Waals surface area contributed by atoms with Crippen LogP contribution in [0.1, 0.15) is 13.3 Å². The summed E-state index contributed by atoms with van der Waals surface area (Å²) in [7, 11) is 0. The molecule has 0 bridgehead atoms. The van der Waals surface area contributed by atoms with Crippen LogP contribution in [0.4, 0.5) is 0 Å². The molecule has 1 aliphatic carbocycles. The predicted molar refractivity (Wildman–Crippen MR) is 61.6 cm³/mol. The van der Waals surface area contributed by atoms with Gasteiger partial charge in [0, 0.05) is 11.8 Å². The Morgan fingerprint density at radius 2 is 2.36 bits per heavy atom. The van der Waals surface area contributed by atoms with Crippen molar-refractivity contribution in [1.29, 1.82) is 0 Å². The van der Waals surface area contributed by atoms with E-state index in [4.69, 9.17) is 5.73 Å². The van der Waals surface area contributed by atoms with Gasteiger partial charge in [-0.1, -0.05) is 17.7 Å². The van der Waals surface area contributed by atoms with Crippen molar-refractivity contribution in [3.8, 4) is 0 Å². The Hall–Kier alpha value is -1.48. The summed E-state index contributed by atoms with van der Waals surface area (Å²) in [5, 5.41) is 0. The van der Waals surface area contributed by atoms with Crippen molar-refractivity contribution in [2.45, 2.75) is 13.3 Å². The third-order valence-electron chi connectivity index (χ3n) is 1.94. The minimum Gasteiger partial charge on any atom is -0.312 e. The first-order valence-corrected chi connectivity index (χ1v) is 4.53. The lowest BCUT2D eigenvalue weighted by atomic mass is 10.1. The van der Waals surface area contributed by atoms with Gasteiger partial charge in [-0.05, 0) is 26.1 Å². The molecule has 14 heavy (non-hydrogen) atoms. The van der Waals surface area contributed by atoms with Gasteiger partial charge in [-0.15, -0.1) is 0 Å². The smallest absolute Gasteiger partial charge is 0.0859 e. The zero-order chi connectivity index (χ0) is 10.4. The Morgan fingerprint density at radius 1 is 1.57 bits per heavy atom. The Morgan fingerprint density at radius 3 is 3.00 bits per heavy atom. The average molecular weight is 189 g/mol. The van der Waals surface area contributed by atoms with Gasteiger partial charge in [0.05, 0.1) is 12.4 Å². The zero-order valence-corrected chi connectivity index (χ0v) is 8.40. The molecule has 0 amide bonds. The van der Waals surface area contributed by atoms with Crippen LogP contribution in [0.25, 0.3) is 0 Å². The van der Waals surface area contributed by atoms with E-state index in [9.17, 15) is 0 Å². The van der Waals surface area contributed by atoms with Gasteiger partial charge in [0.1, 0.15) is 0 Å². The number of aliphatic imine (C=N–C) groups is 2. The van der Waals surface area contributed by atoms with Crippen molar-refractivity contribution < 1.29 is 0 Å². The predicted octanol–water partition coefficient (Wildman–Crippen LogP) is 1.83. The van der Waals surface area contributed by atoms with Crippen LogP contribution in [0.2, 0.25) is 0 Å². The normalized spacial score (nSPS) is 17.1. The second-order valence-electron chi connectivity index (χ2n) is 3.03. The quantitative estimate of drug-likeness (QED) is 0.676. The molecule has 0 heterocycles. The van der Waals surface area contributed by atoms with Crippen LogP contribution in [0, 0.1) is 0 Å². The van der Waals surface area contributed by atoms with Gasteiger partial charge in [-0.3, -0.25) is 9.98 Å². The van der Waals surface area contributed by atoms with Crippen molar-refractivity contribution in [3.63, 3.8) is 0 Å². The van der Waals surface area contributed by atoms with E-state index in [2.05, 4.69) is 29.7 Å². The molecule has 0 spiro atoms. The van der Waals surface area contributed by atoms with E-state index < -0.39 is 0 Å². The number of hydrogen-bond donors (Lipinski definition) is 1. The van der Waals surface area contributed by atoms with Crippen LogP contribution in [-0.4, -0.2) is 19.6 Å². The first kappa shape index (κ1) is 10.6. The van der Waals surface area contributed by atoms with Crippen LogP contribution in [0.3, 0.4) is 0 Å². The largest absolute Gasteiger partial charge is 0.312 e. The van der Waals surface area contributed by atoms with E-state index in [1.807, 2.05) is 12.2 Å². The first-order valence-electron chi connectivity index (χ1n) is 4.53. The van der Waals surface area contributed by atoms with Gasteiger partial charge < -0.3 is 5.73 Å². The highest BCUT2D eigenvalue weighted by atomic mass is 14.8. The molecule has 0 aromatic heterocycles. The van der Waals surface area contributed by atoms with Crippen molar-refractivity contribution in [3.05, 3.63) is 35.1 Å². The molecular formula is C11H15N3. The van der Waals surface area contributed by atoms with Crippen LogP contribution in [0.15, 0.2) is 45.1 Å². The maximum Gasteiger partial charge on any atom is 0.0859 e. The average Bonchev–Trinajstić information content (AvgIpc) is 2.36. The Bertz CT molecular complexity index is 332. The van der Waals surface area contributed by atoms with E-state index in [0.717, 1.165) is 17.7 Å². The lowest BCUT2D eigenvalue weighted by Gasteiger charge is -1.99. The van der Waals surface area contributed by atoms with Crippen molar-refractivity contribution in [2.24, 2.45) is 15.7 Å². The number of rotatable bonds is 3. The highest BCUT2D eigenvalue weighted by Gasteiger charge is 2.02.